The molecule has 8 aliphatic heterocycles. The van der Waals surface area contributed by atoms with E-state index in [1.807, 2.05) is 0 Å². The SMILES string of the molecule is C.CC(C)(C)CN1CCCCC1.CC(C)(C)CN1CCNCC1.CC(C)(C)N1CCCCC1.CC(C)(C)N1CCCCC1.CC(C)CN1CCCC1.CC(C)CN1CCCCC1.CC(C)N1CCCC1.CC(C)N1CCOCC1. The highest BCUT2D eigenvalue weighted by Gasteiger charge is 2.24. The van der Waals surface area contributed by atoms with Crippen LogP contribution < -0.4 is 5.32 Å². The van der Waals surface area contributed by atoms with Gasteiger partial charge in [0.2, 0.25) is 0 Å². The first kappa shape index (κ1) is 78.6. The number of hydrogen-bond donors (Lipinski definition) is 1. The molecule has 0 saturated carbocycles. The summed E-state index contributed by atoms with van der Waals surface area (Å²) in [6, 6.07) is 1.46. The molecule has 0 aromatic carbocycles. The Labute approximate surface area is 498 Å². The fourth-order valence-electron chi connectivity index (χ4n) is 11.9. The molecule has 0 aromatic heterocycles. The van der Waals surface area contributed by atoms with Crippen molar-refractivity contribution in [1.82, 2.24) is 44.5 Å². The molecule has 8 heterocycles. The number of nitrogens with one attached hydrogen (secondary N) is 1. The van der Waals surface area contributed by atoms with Gasteiger partial charge in [-0.2, -0.15) is 0 Å². The van der Waals surface area contributed by atoms with Gasteiger partial charge < -0.3 is 34.6 Å². The summed E-state index contributed by atoms with van der Waals surface area (Å²) in [5.41, 5.74) is 1.75. The van der Waals surface area contributed by atoms with Crippen LogP contribution in [0.2, 0.25) is 0 Å². The number of rotatable bonds is 8. The van der Waals surface area contributed by atoms with Crippen LogP contribution in [-0.2, 0) is 4.74 Å². The van der Waals surface area contributed by atoms with Gasteiger partial charge in [-0.3, -0.25) is 14.7 Å². The smallest absolute Gasteiger partial charge is 0.0594 e. The lowest BCUT2D eigenvalue weighted by atomic mass is 9.95. The second kappa shape index (κ2) is 44.1. The second-order valence-electron chi connectivity index (χ2n) is 30.7. The molecular weight excluding hydrogens is 971 g/mol. The van der Waals surface area contributed by atoms with E-state index in [0.29, 0.717) is 27.9 Å². The van der Waals surface area contributed by atoms with Crippen molar-refractivity contribution in [3.8, 4) is 0 Å². The molecule has 8 fully saturated rings. The highest BCUT2D eigenvalue weighted by Crippen LogP contribution is 2.22. The molecule has 8 aliphatic rings. The summed E-state index contributed by atoms with van der Waals surface area (Å²) in [5.74, 6) is 1.70. The van der Waals surface area contributed by atoms with Crippen LogP contribution in [0.1, 0.15) is 249 Å². The van der Waals surface area contributed by atoms with Crippen molar-refractivity contribution in [3.63, 3.8) is 0 Å². The van der Waals surface area contributed by atoms with Crippen LogP contribution in [0, 0.1) is 22.7 Å². The molecule has 0 aromatic rings. The van der Waals surface area contributed by atoms with Crippen LogP contribution >= 0.6 is 0 Å². The lowest BCUT2D eigenvalue weighted by Crippen LogP contribution is -2.46. The highest BCUT2D eigenvalue weighted by atomic mass is 16.5. The van der Waals surface area contributed by atoms with Gasteiger partial charge in [0.15, 0.2) is 0 Å². The van der Waals surface area contributed by atoms with Gasteiger partial charge in [0.25, 0.3) is 0 Å². The van der Waals surface area contributed by atoms with Gasteiger partial charge >= 0.3 is 0 Å². The molecule has 1 N–H and O–H groups in total. The average Bonchev–Trinajstić information content (AvgIpc) is 4.12. The molecule has 0 amide bonds. The Kier molecular flexibility index (Phi) is 43.9. The number of morpholine rings is 1. The van der Waals surface area contributed by atoms with Crippen molar-refractivity contribution in [1.29, 1.82) is 0 Å². The first-order valence-electron chi connectivity index (χ1n) is 33.7. The Morgan fingerprint density at radius 1 is 0.329 bits per heavy atom. The highest BCUT2D eigenvalue weighted by molar-refractivity contribution is 4.80. The first-order valence-corrected chi connectivity index (χ1v) is 33.7. The first-order chi connectivity index (χ1) is 36.6. The van der Waals surface area contributed by atoms with E-state index in [0.717, 1.165) is 57.3 Å². The van der Waals surface area contributed by atoms with Crippen LogP contribution in [0.3, 0.4) is 0 Å². The number of hydrogen-bond acceptors (Lipinski definition) is 10. The largest absolute Gasteiger partial charge is 0.379 e. The molecule has 79 heavy (non-hydrogen) atoms. The van der Waals surface area contributed by atoms with Gasteiger partial charge in [-0.25, -0.2) is 0 Å². The van der Waals surface area contributed by atoms with Crippen LogP contribution in [0.25, 0.3) is 0 Å². The number of piperazine rings is 1. The van der Waals surface area contributed by atoms with Crippen LogP contribution in [0.4, 0.5) is 0 Å². The molecule has 0 radical (unpaired) electrons. The van der Waals surface area contributed by atoms with Crippen LogP contribution in [0.5, 0.6) is 0 Å². The third-order valence-electron chi connectivity index (χ3n) is 16.2. The van der Waals surface area contributed by atoms with Crippen LogP contribution in [0.15, 0.2) is 0 Å². The predicted molar refractivity (Wildman–Crippen MR) is 355 cm³/mol. The van der Waals surface area contributed by atoms with Crippen molar-refractivity contribution < 1.29 is 4.74 Å². The molecule has 10 nitrogen and oxygen atoms in total. The summed E-state index contributed by atoms with van der Waals surface area (Å²) >= 11 is 0. The minimum atomic E-state index is 0. The van der Waals surface area contributed by atoms with Crippen molar-refractivity contribution in [2.45, 2.75) is 272 Å². The third kappa shape index (κ3) is 44.7. The van der Waals surface area contributed by atoms with E-state index in [4.69, 9.17) is 4.74 Å². The van der Waals surface area contributed by atoms with Crippen molar-refractivity contribution in [3.05, 3.63) is 0 Å². The predicted octanol–water partition coefficient (Wildman–Crippen LogP) is 14.7. The zero-order chi connectivity index (χ0) is 58.6. The van der Waals surface area contributed by atoms with E-state index in [2.05, 4.69) is 183 Å². The summed E-state index contributed by atoms with van der Waals surface area (Å²) in [6.45, 7) is 75.7. The summed E-state index contributed by atoms with van der Waals surface area (Å²) in [5, 5.41) is 3.36. The zero-order valence-corrected chi connectivity index (χ0v) is 57.1. The number of likely N-dealkylation sites (tertiary alicyclic amines) is 6. The molecule has 476 valence electrons. The molecule has 8 saturated heterocycles. The Bertz CT molecular complexity index is 1260. The van der Waals surface area contributed by atoms with E-state index >= 15 is 0 Å². The summed E-state index contributed by atoms with van der Waals surface area (Å²) in [4.78, 5) is 20.4. The topological polar surface area (TPSA) is 47.2 Å². The maximum atomic E-state index is 5.21. The quantitative estimate of drug-likeness (QED) is 0.254. The minimum Gasteiger partial charge on any atom is -0.379 e. The third-order valence-corrected chi connectivity index (χ3v) is 16.2. The molecule has 0 bridgehead atoms. The van der Waals surface area contributed by atoms with E-state index in [1.165, 1.54) is 221 Å². The van der Waals surface area contributed by atoms with Crippen LogP contribution in [-0.4, -0.2) is 220 Å². The molecule has 0 spiro atoms. The second-order valence-corrected chi connectivity index (χ2v) is 30.7. The van der Waals surface area contributed by atoms with E-state index in [1.54, 1.807) is 0 Å². The summed E-state index contributed by atoms with van der Waals surface area (Å²) in [6.07, 6.45) is 22.7. The molecule has 0 unspecified atom stereocenters. The molecule has 10 heteroatoms. The van der Waals surface area contributed by atoms with Gasteiger partial charge in [0, 0.05) is 88.6 Å². The van der Waals surface area contributed by atoms with Gasteiger partial charge in [0.1, 0.15) is 0 Å². The summed E-state index contributed by atoms with van der Waals surface area (Å²) < 4.78 is 5.21. The minimum absolute atomic E-state index is 0. The van der Waals surface area contributed by atoms with Gasteiger partial charge in [-0.1, -0.05) is 102 Å². The maximum Gasteiger partial charge on any atom is 0.0594 e. The Morgan fingerprint density at radius 2 is 0.595 bits per heavy atom. The fraction of sp³-hybridized carbons (Fsp3) is 1.00. The average molecular weight is 1120 g/mol. The monoisotopic (exact) mass is 1120 g/mol. The van der Waals surface area contributed by atoms with Gasteiger partial charge in [-0.15, -0.1) is 0 Å². The Morgan fingerprint density at radius 3 is 0.848 bits per heavy atom. The maximum absolute atomic E-state index is 5.21. The normalized spacial score (nSPS) is 22.2. The van der Waals surface area contributed by atoms with Gasteiger partial charge in [0.05, 0.1) is 13.2 Å². The van der Waals surface area contributed by atoms with Crippen molar-refractivity contribution >= 4 is 0 Å². The number of nitrogens with zero attached hydrogens (tertiary/aromatic N) is 8. The number of ether oxygens (including phenoxy) is 1. The lowest BCUT2D eigenvalue weighted by Gasteiger charge is -2.38. The fourth-order valence-corrected chi connectivity index (χ4v) is 11.9. The van der Waals surface area contributed by atoms with Crippen molar-refractivity contribution in [2.24, 2.45) is 22.7 Å². The standard InChI is InChI=1S/C10H21N.C9H20N2.3C9H19N.C8H17N.C7H15NO.C7H15N.CH4/c1-10(2,3)9-11-7-5-4-6-8-11;1-9(2,3)8-11-6-4-10-5-7-11;2*1-9(2,3)10-7-5-4-6-8-10;1-9(2)8-10-6-4-3-5-7-10;1-8(2)7-9-5-3-4-6-9;1-7(2)8-3-5-9-6-4-8;1-7(2)8-5-3-4-6-8;/h4-9H2,1-3H3;10H,4-8H2,1-3H3;2*4-8H2,1-3H3;9H,3-8H2,1-2H3;8H,3-7H2,1-2H3;7H,3-6H2,1-2H3;7H,3-6H2,1-2H3;1H4. The molecule has 0 aliphatic carbocycles. The molecular formula is C69H149N9O. The van der Waals surface area contributed by atoms with E-state index in [-0.39, 0.29) is 7.43 Å². The Balaban J connectivity index is 0.000000880. The van der Waals surface area contributed by atoms with Crippen molar-refractivity contribution in [2.75, 3.05) is 157 Å². The zero-order valence-electron chi connectivity index (χ0n) is 57.1. The number of piperidine rings is 4. The van der Waals surface area contributed by atoms with Gasteiger partial charge in [-0.05, 0) is 247 Å². The molecule has 8 rings (SSSR count). The summed E-state index contributed by atoms with van der Waals surface area (Å²) in [7, 11) is 0. The van der Waals surface area contributed by atoms with E-state index in [9.17, 15) is 0 Å². The Hall–Kier alpha value is -0.400. The van der Waals surface area contributed by atoms with E-state index < -0.39 is 0 Å². The lowest BCUT2D eigenvalue weighted by molar-refractivity contribution is 0.0238. The molecule has 0 atom stereocenters.